The first kappa shape index (κ1) is 26.6. The molecule has 196 valence electrons. The van der Waals surface area contributed by atoms with Crippen molar-refractivity contribution in [3.8, 4) is 5.75 Å². The molecule has 2 aliphatic rings. The smallest absolute Gasteiger partial charge is 0.251 e. The molecular formula is C25H33N3O6S2. The van der Waals surface area contributed by atoms with Gasteiger partial charge in [-0.25, -0.2) is 16.8 Å². The van der Waals surface area contributed by atoms with Gasteiger partial charge in [-0.3, -0.25) is 4.79 Å². The molecule has 36 heavy (non-hydrogen) atoms. The molecule has 0 aromatic heterocycles. The summed E-state index contributed by atoms with van der Waals surface area (Å²) in [5, 5.41) is 2.82. The summed E-state index contributed by atoms with van der Waals surface area (Å²) in [5.41, 5.74) is 1.12. The van der Waals surface area contributed by atoms with Gasteiger partial charge in [0, 0.05) is 38.3 Å². The number of hydrogen-bond acceptors (Lipinski definition) is 6. The van der Waals surface area contributed by atoms with Crippen molar-refractivity contribution in [3.63, 3.8) is 0 Å². The number of carbonyl (C=O) groups is 1. The van der Waals surface area contributed by atoms with E-state index in [0.717, 1.165) is 37.7 Å². The van der Waals surface area contributed by atoms with Gasteiger partial charge in [0.1, 0.15) is 10.6 Å². The lowest BCUT2D eigenvalue weighted by Gasteiger charge is -2.26. The molecule has 2 heterocycles. The van der Waals surface area contributed by atoms with Gasteiger partial charge in [-0.15, -0.1) is 0 Å². The van der Waals surface area contributed by atoms with E-state index in [-0.39, 0.29) is 27.0 Å². The van der Waals surface area contributed by atoms with E-state index < -0.39 is 20.0 Å². The number of carbonyl (C=O) groups excluding carboxylic acids is 1. The molecule has 0 unspecified atom stereocenters. The van der Waals surface area contributed by atoms with Crippen molar-refractivity contribution in [2.75, 3.05) is 39.8 Å². The van der Waals surface area contributed by atoms with E-state index in [9.17, 15) is 21.6 Å². The molecular weight excluding hydrogens is 502 g/mol. The fourth-order valence-electron chi connectivity index (χ4n) is 4.59. The molecule has 2 aliphatic heterocycles. The van der Waals surface area contributed by atoms with Crippen LogP contribution in [0, 0.1) is 0 Å². The summed E-state index contributed by atoms with van der Waals surface area (Å²) in [6.07, 6.45) is 4.90. The van der Waals surface area contributed by atoms with Gasteiger partial charge in [0.15, 0.2) is 0 Å². The molecule has 2 aromatic rings. The molecule has 1 amide bonds. The Kier molecular flexibility index (Phi) is 8.34. The third-order valence-corrected chi connectivity index (χ3v) is 10.5. The highest BCUT2D eigenvalue weighted by atomic mass is 32.2. The fourth-order valence-corrected chi connectivity index (χ4v) is 7.81. The van der Waals surface area contributed by atoms with Crippen LogP contribution >= 0.6 is 0 Å². The summed E-state index contributed by atoms with van der Waals surface area (Å²) in [5.74, 6) is -0.179. The first-order valence-corrected chi connectivity index (χ1v) is 15.2. The van der Waals surface area contributed by atoms with Crippen molar-refractivity contribution in [2.45, 2.75) is 48.3 Å². The number of ether oxygens (including phenoxy) is 1. The van der Waals surface area contributed by atoms with Gasteiger partial charge in [-0.2, -0.15) is 8.61 Å². The molecule has 4 rings (SSSR count). The van der Waals surface area contributed by atoms with Gasteiger partial charge in [-0.1, -0.05) is 18.6 Å². The molecule has 0 radical (unpaired) electrons. The first-order chi connectivity index (χ1) is 17.2. The fraction of sp³-hybridized carbons (Fsp3) is 0.480. The lowest BCUT2D eigenvalue weighted by Crippen LogP contribution is -2.36. The Morgan fingerprint density at radius 2 is 1.42 bits per heavy atom. The van der Waals surface area contributed by atoms with Crippen LogP contribution in [0.3, 0.4) is 0 Å². The monoisotopic (exact) mass is 535 g/mol. The van der Waals surface area contributed by atoms with E-state index >= 15 is 0 Å². The topological polar surface area (TPSA) is 113 Å². The van der Waals surface area contributed by atoms with E-state index in [4.69, 9.17) is 4.74 Å². The number of hydrogen-bond donors (Lipinski definition) is 1. The molecule has 2 aromatic carbocycles. The van der Waals surface area contributed by atoms with Gasteiger partial charge in [0.25, 0.3) is 5.91 Å². The Labute approximate surface area is 213 Å². The van der Waals surface area contributed by atoms with Crippen LogP contribution in [0.25, 0.3) is 0 Å². The number of rotatable bonds is 9. The number of benzene rings is 2. The predicted octanol–water partition coefficient (Wildman–Crippen LogP) is 2.63. The van der Waals surface area contributed by atoms with Crippen LogP contribution in [0.1, 0.15) is 48.0 Å². The van der Waals surface area contributed by atoms with Crippen molar-refractivity contribution >= 4 is 26.0 Å². The summed E-state index contributed by atoms with van der Waals surface area (Å²) in [4.78, 5) is 13.0. The Morgan fingerprint density at radius 3 is 2.03 bits per heavy atom. The third-order valence-electron chi connectivity index (χ3n) is 6.68. The normalized spacial score (nSPS) is 17.7. The molecule has 0 atom stereocenters. The molecule has 0 aliphatic carbocycles. The molecule has 0 bridgehead atoms. The average Bonchev–Trinajstić information content (AvgIpc) is 3.45. The van der Waals surface area contributed by atoms with Crippen LogP contribution in [0.15, 0.2) is 52.3 Å². The zero-order valence-corrected chi connectivity index (χ0v) is 22.1. The van der Waals surface area contributed by atoms with Crippen molar-refractivity contribution in [1.82, 2.24) is 13.9 Å². The second-order valence-electron chi connectivity index (χ2n) is 9.09. The highest BCUT2D eigenvalue weighted by Crippen LogP contribution is 2.29. The van der Waals surface area contributed by atoms with Crippen LogP contribution in [0.4, 0.5) is 0 Å². The predicted molar refractivity (Wildman–Crippen MR) is 136 cm³/mol. The molecule has 9 nitrogen and oxygen atoms in total. The number of piperidine rings is 1. The molecule has 0 spiro atoms. The second-order valence-corrected chi connectivity index (χ2v) is 12.9. The van der Waals surface area contributed by atoms with E-state index in [2.05, 4.69) is 5.32 Å². The van der Waals surface area contributed by atoms with Crippen LogP contribution < -0.4 is 10.1 Å². The number of nitrogens with zero attached hydrogens (tertiary/aromatic N) is 2. The maximum absolute atomic E-state index is 13.2. The zero-order valence-electron chi connectivity index (χ0n) is 20.5. The average molecular weight is 536 g/mol. The molecule has 2 fully saturated rings. The van der Waals surface area contributed by atoms with Crippen molar-refractivity contribution < 1.29 is 26.4 Å². The Hall–Kier alpha value is -2.47. The minimum atomic E-state index is -3.77. The summed E-state index contributed by atoms with van der Waals surface area (Å²) in [7, 11) is -5.82. The van der Waals surface area contributed by atoms with E-state index in [1.807, 2.05) is 0 Å². The third kappa shape index (κ3) is 5.74. The van der Waals surface area contributed by atoms with Crippen molar-refractivity contribution in [2.24, 2.45) is 0 Å². The summed E-state index contributed by atoms with van der Waals surface area (Å²) in [6, 6.07) is 11.1. The molecule has 0 saturated carbocycles. The maximum atomic E-state index is 13.2. The van der Waals surface area contributed by atoms with E-state index in [1.165, 1.54) is 27.9 Å². The second kappa shape index (κ2) is 11.3. The minimum Gasteiger partial charge on any atom is -0.495 e. The quantitative estimate of drug-likeness (QED) is 0.528. The first-order valence-electron chi connectivity index (χ1n) is 12.3. The van der Waals surface area contributed by atoms with Gasteiger partial charge in [-0.05, 0) is 68.0 Å². The summed E-state index contributed by atoms with van der Waals surface area (Å²) in [6.45, 7) is 2.35. The Bertz CT molecular complexity index is 1280. The molecule has 1 N–H and O–H groups in total. The van der Waals surface area contributed by atoms with Gasteiger partial charge < -0.3 is 10.1 Å². The largest absolute Gasteiger partial charge is 0.495 e. The minimum absolute atomic E-state index is 0.00523. The Balaban J connectivity index is 1.39. The van der Waals surface area contributed by atoms with Crippen LogP contribution in [-0.4, -0.2) is 71.2 Å². The van der Waals surface area contributed by atoms with E-state index in [1.54, 1.807) is 30.3 Å². The zero-order chi connectivity index (χ0) is 25.8. The molecule has 11 heteroatoms. The van der Waals surface area contributed by atoms with Gasteiger partial charge >= 0.3 is 0 Å². The lowest BCUT2D eigenvalue weighted by molar-refractivity contribution is 0.0954. The standard InChI is InChI=1S/C25H33N3O6S2/c1-34-23-12-9-21(19-24(23)36(32,33)28-15-3-2-4-16-28)25(29)26-14-13-20-7-10-22(11-8-20)35(30,31)27-17-5-6-18-27/h7-12,19H,2-6,13-18H2,1H3,(H,26,29). The Morgan fingerprint density at radius 1 is 0.833 bits per heavy atom. The van der Waals surface area contributed by atoms with Gasteiger partial charge in [0.2, 0.25) is 20.0 Å². The highest BCUT2D eigenvalue weighted by Gasteiger charge is 2.30. The van der Waals surface area contributed by atoms with Crippen LogP contribution in [0.5, 0.6) is 5.75 Å². The highest BCUT2D eigenvalue weighted by molar-refractivity contribution is 7.89. The summed E-state index contributed by atoms with van der Waals surface area (Å²) >= 11 is 0. The van der Waals surface area contributed by atoms with Gasteiger partial charge in [0.05, 0.1) is 12.0 Å². The molecule has 2 saturated heterocycles. The van der Waals surface area contributed by atoms with E-state index in [0.29, 0.717) is 39.1 Å². The summed E-state index contributed by atoms with van der Waals surface area (Å²) < 4.78 is 60.0. The SMILES string of the molecule is COc1ccc(C(=O)NCCc2ccc(S(=O)(=O)N3CCCC3)cc2)cc1S(=O)(=O)N1CCCCC1. The van der Waals surface area contributed by atoms with Crippen LogP contribution in [-0.2, 0) is 26.5 Å². The number of amides is 1. The van der Waals surface area contributed by atoms with Crippen LogP contribution in [0.2, 0.25) is 0 Å². The van der Waals surface area contributed by atoms with Crippen molar-refractivity contribution in [3.05, 3.63) is 53.6 Å². The maximum Gasteiger partial charge on any atom is 0.251 e. The number of sulfonamides is 2. The number of methoxy groups -OCH3 is 1. The number of nitrogens with one attached hydrogen (secondary N) is 1. The lowest BCUT2D eigenvalue weighted by atomic mass is 10.1. The van der Waals surface area contributed by atoms with Crippen molar-refractivity contribution in [1.29, 1.82) is 0 Å².